The molecule has 0 aliphatic heterocycles. The lowest BCUT2D eigenvalue weighted by molar-refractivity contribution is -0.113. The second kappa shape index (κ2) is 10.6. The Kier molecular flexibility index (Phi) is 7.92. The van der Waals surface area contributed by atoms with Gasteiger partial charge in [-0.1, -0.05) is 68.1 Å². The van der Waals surface area contributed by atoms with Gasteiger partial charge in [0.25, 0.3) is 0 Å². The van der Waals surface area contributed by atoms with Gasteiger partial charge in [-0.2, -0.15) is 0 Å². The van der Waals surface area contributed by atoms with Gasteiger partial charge in [0.2, 0.25) is 5.91 Å². The quantitative estimate of drug-likeness (QED) is 0.447. The van der Waals surface area contributed by atoms with Gasteiger partial charge in [-0.25, -0.2) is 0 Å². The Hall–Kier alpha value is -2.08. The third-order valence-electron chi connectivity index (χ3n) is 5.68. The molecule has 1 heterocycles. The van der Waals surface area contributed by atoms with E-state index in [9.17, 15) is 4.79 Å². The summed E-state index contributed by atoms with van der Waals surface area (Å²) >= 11 is 1.44. The number of aryl methyl sites for hydroxylation is 3. The van der Waals surface area contributed by atoms with E-state index in [1.54, 1.807) is 0 Å². The van der Waals surface area contributed by atoms with E-state index in [4.69, 9.17) is 0 Å². The van der Waals surface area contributed by atoms with Crippen LogP contribution in [0.15, 0.2) is 36.0 Å². The predicted octanol–water partition coefficient (Wildman–Crippen LogP) is 5.32. The van der Waals surface area contributed by atoms with Crippen LogP contribution in [0.2, 0.25) is 0 Å². The molecule has 1 N–H and O–H groups in total. The number of benzene rings is 1. The van der Waals surface area contributed by atoms with Crippen LogP contribution in [0.1, 0.15) is 55.5 Å². The summed E-state index contributed by atoms with van der Waals surface area (Å²) in [7, 11) is 0. The molecule has 3 rings (SSSR count). The van der Waals surface area contributed by atoms with Gasteiger partial charge in [0.1, 0.15) is 5.82 Å². The maximum Gasteiger partial charge on any atom is 0.234 e. The molecule has 0 atom stereocenters. The maximum atomic E-state index is 12.5. The minimum absolute atomic E-state index is 0.0238. The molecule has 6 heteroatoms. The van der Waals surface area contributed by atoms with Gasteiger partial charge < -0.3 is 9.88 Å². The van der Waals surface area contributed by atoms with Crippen molar-refractivity contribution in [3.05, 3.63) is 47.8 Å². The Labute approximate surface area is 178 Å². The van der Waals surface area contributed by atoms with E-state index in [1.165, 1.54) is 50.3 Å². The SMILES string of the molecule is C=CCn1c(CCC2CCCCC2)nnc1SCC(=O)Nc1c(C)cccc1C. The Morgan fingerprint density at radius 1 is 1.24 bits per heavy atom. The zero-order valence-electron chi connectivity index (χ0n) is 17.6. The van der Waals surface area contributed by atoms with Crippen LogP contribution >= 0.6 is 11.8 Å². The van der Waals surface area contributed by atoms with Gasteiger partial charge in [-0.15, -0.1) is 16.8 Å². The number of carbonyl (C=O) groups excluding carboxylic acids is 1. The molecule has 2 aromatic rings. The van der Waals surface area contributed by atoms with E-state index in [-0.39, 0.29) is 5.91 Å². The average molecular weight is 413 g/mol. The number of thioether (sulfide) groups is 1. The molecule has 1 fully saturated rings. The molecule has 0 unspecified atom stereocenters. The summed E-state index contributed by atoms with van der Waals surface area (Å²) in [6.45, 7) is 8.57. The van der Waals surface area contributed by atoms with E-state index in [0.29, 0.717) is 12.3 Å². The standard InChI is InChI=1S/C23H32N4OS/c1-4-15-27-20(14-13-19-11-6-5-7-12-19)25-26-23(27)29-16-21(28)24-22-17(2)9-8-10-18(22)3/h4,8-10,19H,1,5-7,11-16H2,2-3H3,(H,24,28). The van der Waals surface area contributed by atoms with Gasteiger partial charge in [0.05, 0.1) is 5.75 Å². The number of aromatic nitrogens is 3. The Morgan fingerprint density at radius 3 is 2.66 bits per heavy atom. The Balaban J connectivity index is 1.59. The summed E-state index contributed by atoms with van der Waals surface area (Å²) in [4.78, 5) is 12.5. The van der Waals surface area contributed by atoms with E-state index in [2.05, 4.69) is 26.7 Å². The fraction of sp³-hybridized carbons (Fsp3) is 0.522. The van der Waals surface area contributed by atoms with Crippen molar-refractivity contribution in [1.82, 2.24) is 14.8 Å². The molecule has 0 spiro atoms. The molecule has 5 nitrogen and oxygen atoms in total. The summed E-state index contributed by atoms with van der Waals surface area (Å²) in [6.07, 6.45) is 10.8. The average Bonchev–Trinajstić information content (AvgIpc) is 3.10. The molecule has 1 aromatic carbocycles. The van der Waals surface area contributed by atoms with E-state index in [0.717, 1.165) is 40.1 Å². The van der Waals surface area contributed by atoms with Crippen LogP contribution in [0.5, 0.6) is 0 Å². The van der Waals surface area contributed by atoms with Crippen molar-refractivity contribution in [2.45, 2.75) is 70.5 Å². The largest absolute Gasteiger partial charge is 0.325 e. The second-order valence-corrected chi connectivity index (χ2v) is 8.89. The highest BCUT2D eigenvalue weighted by Gasteiger charge is 2.18. The topological polar surface area (TPSA) is 59.8 Å². The van der Waals surface area contributed by atoms with Crippen molar-refractivity contribution in [3.63, 3.8) is 0 Å². The monoisotopic (exact) mass is 412 g/mol. The Bertz CT molecular complexity index is 819. The highest BCUT2D eigenvalue weighted by atomic mass is 32.2. The number of hydrogen-bond acceptors (Lipinski definition) is 4. The first-order chi connectivity index (χ1) is 14.1. The summed E-state index contributed by atoms with van der Waals surface area (Å²) in [5.74, 6) is 2.11. The molecule has 0 radical (unpaired) electrons. The molecular weight excluding hydrogens is 380 g/mol. The second-order valence-electron chi connectivity index (χ2n) is 7.94. The molecule has 1 aromatic heterocycles. The number of anilines is 1. The van der Waals surface area contributed by atoms with Gasteiger partial charge in [0, 0.05) is 18.7 Å². The van der Waals surface area contributed by atoms with Gasteiger partial charge in [-0.3, -0.25) is 4.79 Å². The highest BCUT2D eigenvalue weighted by molar-refractivity contribution is 7.99. The molecule has 156 valence electrons. The minimum Gasteiger partial charge on any atom is -0.325 e. The molecule has 1 amide bonds. The number of carbonyl (C=O) groups is 1. The molecule has 1 aliphatic rings. The van der Waals surface area contributed by atoms with Crippen LogP contribution in [0.4, 0.5) is 5.69 Å². The number of hydrogen-bond donors (Lipinski definition) is 1. The van der Waals surface area contributed by atoms with Gasteiger partial charge in [-0.05, 0) is 37.3 Å². The lowest BCUT2D eigenvalue weighted by atomic mass is 9.86. The number of amides is 1. The van der Waals surface area contributed by atoms with Crippen molar-refractivity contribution >= 4 is 23.4 Å². The lowest BCUT2D eigenvalue weighted by Crippen LogP contribution is -2.16. The first-order valence-corrected chi connectivity index (χ1v) is 11.6. The summed E-state index contributed by atoms with van der Waals surface area (Å²) in [5.41, 5.74) is 3.05. The maximum absolute atomic E-state index is 12.5. The molecule has 29 heavy (non-hydrogen) atoms. The van der Waals surface area contributed by atoms with Crippen molar-refractivity contribution < 1.29 is 4.79 Å². The number of nitrogens with one attached hydrogen (secondary N) is 1. The predicted molar refractivity (Wildman–Crippen MR) is 120 cm³/mol. The number of para-hydroxylation sites is 1. The fourth-order valence-corrected chi connectivity index (χ4v) is 4.82. The van der Waals surface area contributed by atoms with E-state index >= 15 is 0 Å². The molecule has 0 saturated heterocycles. The lowest BCUT2D eigenvalue weighted by Gasteiger charge is -2.21. The van der Waals surface area contributed by atoms with Crippen LogP contribution in [0, 0.1) is 19.8 Å². The fourth-order valence-electron chi connectivity index (χ4n) is 4.05. The smallest absolute Gasteiger partial charge is 0.234 e. The van der Waals surface area contributed by atoms with Crippen molar-refractivity contribution in [2.75, 3.05) is 11.1 Å². The van der Waals surface area contributed by atoms with Crippen molar-refractivity contribution in [3.8, 4) is 0 Å². The van der Waals surface area contributed by atoms with Gasteiger partial charge >= 0.3 is 0 Å². The summed E-state index contributed by atoms with van der Waals surface area (Å²) < 4.78 is 2.10. The third-order valence-corrected chi connectivity index (χ3v) is 6.65. The third kappa shape index (κ3) is 5.95. The molecule has 1 aliphatic carbocycles. The minimum atomic E-state index is -0.0238. The molecular formula is C23H32N4OS. The van der Waals surface area contributed by atoms with Crippen LogP contribution in [-0.4, -0.2) is 26.4 Å². The zero-order chi connectivity index (χ0) is 20.6. The summed E-state index contributed by atoms with van der Waals surface area (Å²) in [6, 6.07) is 6.02. The first kappa shape index (κ1) is 21.6. The van der Waals surface area contributed by atoms with Crippen molar-refractivity contribution in [2.24, 2.45) is 5.92 Å². The van der Waals surface area contributed by atoms with Crippen LogP contribution < -0.4 is 5.32 Å². The molecule has 1 saturated carbocycles. The highest BCUT2D eigenvalue weighted by Crippen LogP contribution is 2.28. The number of allylic oxidation sites excluding steroid dienone is 1. The summed E-state index contributed by atoms with van der Waals surface area (Å²) in [5, 5.41) is 12.6. The van der Waals surface area contributed by atoms with E-state index < -0.39 is 0 Å². The van der Waals surface area contributed by atoms with Crippen LogP contribution in [-0.2, 0) is 17.8 Å². The number of nitrogens with zero attached hydrogens (tertiary/aromatic N) is 3. The first-order valence-electron chi connectivity index (χ1n) is 10.6. The zero-order valence-corrected chi connectivity index (χ0v) is 18.4. The van der Waals surface area contributed by atoms with E-state index in [1.807, 2.05) is 38.1 Å². The number of rotatable bonds is 9. The Morgan fingerprint density at radius 2 is 1.97 bits per heavy atom. The van der Waals surface area contributed by atoms with Crippen molar-refractivity contribution in [1.29, 1.82) is 0 Å². The molecule has 0 bridgehead atoms. The van der Waals surface area contributed by atoms with Crippen LogP contribution in [0.25, 0.3) is 0 Å². The van der Waals surface area contributed by atoms with Crippen LogP contribution in [0.3, 0.4) is 0 Å². The van der Waals surface area contributed by atoms with Gasteiger partial charge in [0.15, 0.2) is 5.16 Å². The normalized spacial score (nSPS) is 14.7.